The third-order valence-corrected chi connectivity index (χ3v) is 5.61. The van der Waals surface area contributed by atoms with E-state index in [1.807, 2.05) is 0 Å². The molecule has 0 fully saturated rings. The highest BCUT2D eigenvalue weighted by molar-refractivity contribution is 7.13. The van der Waals surface area contributed by atoms with Gasteiger partial charge in [-0.05, 0) is 27.7 Å². The summed E-state index contributed by atoms with van der Waals surface area (Å²) in [4.78, 5) is 47.7. The first-order valence-electron chi connectivity index (χ1n) is 9.33. The van der Waals surface area contributed by atoms with Crippen LogP contribution in [0.15, 0.2) is 15.2 Å². The van der Waals surface area contributed by atoms with Gasteiger partial charge in [-0.25, -0.2) is 24.5 Å². The van der Waals surface area contributed by atoms with E-state index in [0.717, 1.165) is 0 Å². The van der Waals surface area contributed by atoms with Crippen LogP contribution < -0.4 is 11.1 Å². The predicted molar refractivity (Wildman–Crippen MR) is 116 cm³/mol. The second kappa shape index (κ2) is 9.04. The van der Waals surface area contributed by atoms with Crippen LogP contribution in [0.2, 0.25) is 0 Å². The molecule has 1 atom stereocenters. The molecular formula is C19H21N5O6S2. The van der Waals surface area contributed by atoms with Crippen LogP contribution in [0.5, 0.6) is 0 Å². The quantitative estimate of drug-likeness (QED) is 0.461. The van der Waals surface area contributed by atoms with Crippen molar-refractivity contribution in [2.45, 2.75) is 45.8 Å². The Kier molecular flexibility index (Phi) is 6.60. The largest absolute Gasteiger partial charge is 0.480 e. The number of carboxylic acids is 1. The molecule has 3 heterocycles. The lowest BCUT2D eigenvalue weighted by Crippen LogP contribution is -2.44. The van der Waals surface area contributed by atoms with Crippen LogP contribution in [-0.4, -0.2) is 49.7 Å². The number of hydrogen-bond acceptors (Lipinski definition) is 10. The SMILES string of the molecule is Cc1oc(-c2csc(CC(NC(=O)OC(C)(C)C)C(=O)O)n2)nc1-c1nc(C(N)=O)cs1. The minimum Gasteiger partial charge on any atom is -0.480 e. The predicted octanol–water partition coefficient (Wildman–Crippen LogP) is 2.85. The fraction of sp³-hybridized carbons (Fsp3) is 0.368. The molecule has 11 nitrogen and oxygen atoms in total. The highest BCUT2D eigenvalue weighted by Gasteiger charge is 2.26. The Balaban J connectivity index is 1.75. The number of ether oxygens (including phenoxy) is 1. The molecule has 0 aliphatic carbocycles. The van der Waals surface area contributed by atoms with E-state index >= 15 is 0 Å². The van der Waals surface area contributed by atoms with Gasteiger partial charge in [0.2, 0.25) is 5.89 Å². The Bertz CT molecular complexity index is 1160. The van der Waals surface area contributed by atoms with E-state index in [4.69, 9.17) is 14.9 Å². The standard InChI is InChI=1S/C19H21N5O6S2/c1-8-13(16-22-10(6-32-16)14(20)25)24-15(29-8)11-7-31-12(21-11)5-9(17(26)27)23-18(28)30-19(2,3)4/h6-7,9H,5H2,1-4H3,(H2,20,25)(H,23,28)(H,26,27). The lowest BCUT2D eigenvalue weighted by atomic mass is 10.2. The number of nitrogens with two attached hydrogens (primary N) is 1. The molecular weight excluding hydrogens is 458 g/mol. The van der Waals surface area contributed by atoms with Crippen molar-refractivity contribution in [3.05, 3.63) is 27.2 Å². The first-order chi connectivity index (χ1) is 14.9. The van der Waals surface area contributed by atoms with Gasteiger partial charge in [0.1, 0.15) is 39.5 Å². The van der Waals surface area contributed by atoms with Crippen LogP contribution in [-0.2, 0) is 16.0 Å². The van der Waals surface area contributed by atoms with Crippen molar-refractivity contribution >= 4 is 40.6 Å². The zero-order valence-corrected chi connectivity index (χ0v) is 19.3. The number of thiazole rings is 2. The van der Waals surface area contributed by atoms with E-state index < -0.39 is 29.6 Å². The van der Waals surface area contributed by atoms with Crippen molar-refractivity contribution in [1.29, 1.82) is 0 Å². The summed E-state index contributed by atoms with van der Waals surface area (Å²) in [5.41, 5.74) is 5.50. The first-order valence-corrected chi connectivity index (χ1v) is 11.1. The molecule has 3 rings (SSSR count). The monoisotopic (exact) mass is 479 g/mol. The van der Waals surface area contributed by atoms with Gasteiger partial charge in [-0.2, -0.15) is 0 Å². The topological polar surface area (TPSA) is 171 Å². The number of carboxylic acid groups (broad SMARTS) is 1. The number of hydrogen-bond donors (Lipinski definition) is 3. The van der Waals surface area contributed by atoms with Crippen LogP contribution in [0.1, 0.15) is 42.0 Å². The number of nitrogens with one attached hydrogen (secondary N) is 1. The van der Waals surface area contributed by atoms with Crippen molar-refractivity contribution < 1.29 is 28.6 Å². The van der Waals surface area contributed by atoms with Crippen LogP contribution in [0.3, 0.4) is 0 Å². The summed E-state index contributed by atoms with van der Waals surface area (Å²) in [6.07, 6.45) is -0.867. The third-order valence-electron chi connectivity index (χ3n) is 3.89. The van der Waals surface area contributed by atoms with Crippen molar-refractivity contribution in [2.24, 2.45) is 5.73 Å². The molecule has 2 amide bonds. The van der Waals surface area contributed by atoms with E-state index in [0.29, 0.717) is 27.2 Å². The number of primary amides is 1. The summed E-state index contributed by atoms with van der Waals surface area (Å²) in [5, 5.41) is 15.9. The van der Waals surface area contributed by atoms with E-state index in [9.17, 15) is 19.5 Å². The maximum atomic E-state index is 11.9. The van der Waals surface area contributed by atoms with Gasteiger partial charge in [0.15, 0.2) is 0 Å². The Morgan fingerprint density at radius 3 is 2.53 bits per heavy atom. The molecule has 0 aromatic carbocycles. The minimum absolute atomic E-state index is 0.0414. The maximum absolute atomic E-state index is 11.9. The van der Waals surface area contributed by atoms with Gasteiger partial charge in [-0.1, -0.05) is 0 Å². The number of aromatic nitrogens is 3. The van der Waals surface area contributed by atoms with Gasteiger partial charge in [0, 0.05) is 17.2 Å². The zero-order chi connectivity index (χ0) is 23.6. The molecule has 4 N–H and O–H groups in total. The summed E-state index contributed by atoms with van der Waals surface area (Å²) < 4.78 is 10.8. The summed E-state index contributed by atoms with van der Waals surface area (Å²) in [5.74, 6) is -1.14. The molecule has 0 aliphatic heterocycles. The lowest BCUT2D eigenvalue weighted by molar-refractivity contribution is -0.139. The molecule has 3 aromatic rings. The molecule has 0 radical (unpaired) electrons. The smallest absolute Gasteiger partial charge is 0.408 e. The molecule has 32 heavy (non-hydrogen) atoms. The van der Waals surface area contributed by atoms with E-state index in [1.54, 1.807) is 33.1 Å². The number of nitrogens with zero attached hydrogens (tertiary/aromatic N) is 3. The van der Waals surface area contributed by atoms with Crippen molar-refractivity contribution in [2.75, 3.05) is 0 Å². The number of aliphatic carboxylic acids is 1. The van der Waals surface area contributed by atoms with Crippen LogP contribution >= 0.6 is 22.7 Å². The van der Waals surface area contributed by atoms with Crippen LogP contribution in [0.4, 0.5) is 4.79 Å². The van der Waals surface area contributed by atoms with E-state index in [-0.39, 0.29) is 18.0 Å². The van der Waals surface area contributed by atoms with Gasteiger partial charge in [0.05, 0.1) is 5.01 Å². The number of aryl methyl sites for hydroxylation is 1. The average Bonchev–Trinajstić information content (AvgIpc) is 3.38. The molecule has 13 heteroatoms. The third kappa shape index (κ3) is 5.68. The van der Waals surface area contributed by atoms with Gasteiger partial charge in [0.25, 0.3) is 5.91 Å². The number of oxazole rings is 1. The Hall–Kier alpha value is -3.32. The van der Waals surface area contributed by atoms with Gasteiger partial charge < -0.3 is 25.3 Å². The number of alkyl carbamates (subject to hydrolysis) is 1. The second-order valence-corrected chi connectivity index (χ2v) is 9.49. The van der Waals surface area contributed by atoms with E-state index in [1.165, 1.54) is 28.1 Å². The molecule has 0 saturated heterocycles. The maximum Gasteiger partial charge on any atom is 0.408 e. The summed E-state index contributed by atoms with van der Waals surface area (Å²) in [6.45, 7) is 6.75. The molecule has 1 unspecified atom stereocenters. The summed E-state index contributed by atoms with van der Waals surface area (Å²) in [6, 6.07) is -1.21. The average molecular weight is 480 g/mol. The van der Waals surface area contributed by atoms with Crippen molar-refractivity contribution in [1.82, 2.24) is 20.3 Å². The van der Waals surface area contributed by atoms with Gasteiger partial charge in [-0.3, -0.25) is 4.79 Å². The van der Waals surface area contributed by atoms with Gasteiger partial charge >= 0.3 is 12.1 Å². The highest BCUT2D eigenvalue weighted by Crippen LogP contribution is 2.31. The molecule has 0 bridgehead atoms. The van der Waals surface area contributed by atoms with Gasteiger partial charge in [-0.15, -0.1) is 22.7 Å². The normalized spacial score (nSPS) is 12.4. The molecule has 0 aliphatic rings. The number of amides is 2. The Morgan fingerprint density at radius 1 is 1.22 bits per heavy atom. The lowest BCUT2D eigenvalue weighted by Gasteiger charge is -2.21. The second-order valence-electron chi connectivity index (χ2n) is 7.69. The fourth-order valence-electron chi connectivity index (χ4n) is 2.53. The van der Waals surface area contributed by atoms with Crippen molar-refractivity contribution in [3.8, 4) is 22.3 Å². The zero-order valence-electron chi connectivity index (χ0n) is 17.7. The number of carbonyl (C=O) groups excluding carboxylic acids is 2. The molecule has 3 aromatic heterocycles. The Morgan fingerprint density at radius 2 is 1.94 bits per heavy atom. The highest BCUT2D eigenvalue weighted by atomic mass is 32.1. The van der Waals surface area contributed by atoms with Crippen molar-refractivity contribution in [3.63, 3.8) is 0 Å². The molecule has 170 valence electrons. The molecule has 0 saturated carbocycles. The van der Waals surface area contributed by atoms with Crippen LogP contribution in [0.25, 0.3) is 22.3 Å². The van der Waals surface area contributed by atoms with E-state index in [2.05, 4.69) is 20.3 Å². The molecule has 0 spiro atoms. The number of carbonyl (C=O) groups is 3. The fourth-order valence-corrected chi connectivity index (χ4v) is 4.19. The van der Waals surface area contributed by atoms with Crippen LogP contribution in [0, 0.1) is 6.92 Å². The first kappa shape index (κ1) is 23.3. The minimum atomic E-state index is -1.21. The Labute approximate surface area is 190 Å². The summed E-state index contributed by atoms with van der Waals surface area (Å²) in [7, 11) is 0. The summed E-state index contributed by atoms with van der Waals surface area (Å²) >= 11 is 2.42. The number of rotatable bonds is 7.